The first kappa shape index (κ1) is 27.9. The molecule has 0 fully saturated rings. The summed E-state index contributed by atoms with van der Waals surface area (Å²) in [5.74, 6) is 1.25. The van der Waals surface area contributed by atoms with Crippen LogP contribution in [0.3, 0.4) is 0 Å². The van der Waals surface area contributed by atoms with Gasteiger partial charge in [-0.25, -0.2) is 8.42 Å². The number of hydrogen-bond acceptors (Lipinski definition) is 6. The summed E-state index contributed by atoms with van der Waals surface area (Å²) in [6, 6.07) is 20.6. The van der Waals surface area contributed by atoms with Crippen LogP contribution in [0, 0.1) is 0 Å². The predicted molar refractivity (Wildman–Crippen MR) is 144 cm³/mol. The average Bonchev–Trinajstić information content (AvgIpc) is 2.93. The van der Waals surface area contributed by atoms with Crippen LogP contribution in [0.5, 0.6) is 17.2 Å². The van der Waals surface area contributed by atoms with E-state index in [0.29, 0.717) is 36.8 Å². The highest BCUT2D eigenvalue weighted by molar-refractivity contribution is 7.92. The lowest BCUT2D eigenvalue weighted by Crippen LogP contribution is -2.41. The Morgan fingerprint density at radius 3 is 2.30 bits per heavy atom. The van der Waals surface area contributed by atoms with Crippen LogP contribution in [0.2, 0.25) is 0 Å². The number of nitrogens with one attached hydrogen (secondary N) is 1. The van der Waals surface area contributed by atoms with Gasteiger partial charge >= 0.3 is 0 Å². The Kier molecular flexibility index (Phi) is 10.2. The van der Waals surface area contributed by atoms with E-state index in [9.17, 15) is 13.2 Å². The monoisotopic (exact) mass is 526 g/mol. The number of benzene rings is 3. The van der Waals surface area contributed by atoms with Crippen LogP contribution in [-0.4, -0.2) is 48.2 Å². The SMILES string of the molecule is CCCOc1ccccc1CCCNC(=O)CN(c1ccc(OC)c(OC)c1)S(=O)(=O)c1ccccc1. The van der Waals surface area contributed by atoms with Gasteiger partial charge in [0.25, 0.3) is 10.0 Å². The topological polar surface area (TPSA) is 94.2 Å². The zero-order chi connectivity index (χ0) is 26.7. The summed E-state index contributed by atoms with van der Waals surface area (Å²) < 4.78 is 44.5. The minimum absolute atomic E-state index is 0.0845. The Labute approximate surface area is 219 Å². The van der Waals surface area contributed by atoms with Crippen molar-refractivity contribution in [3.05, 3.63) is 78.4 Å². The molecule has 37 heavy (non-hydrogen) atoms. The van der Waals surface area contributed by atoms with Crippen LogP contribution in [0.4, 0.5) is 5.69 Å². The molecule has 0 aromatic heterocycles. The van der Waals surface area contributed by atoms with Gasteiger partial charge in [0.15, 0.2) is 11.5 Å². The number of carbonyl (C=O) groups excluding carboxylic acids is 1. The van der Waals surface area contributed by atoms with Crippen molar-refractivity contribution in [1.29, 1.82) is 0 Å². The Bertz CT molecular complexity index is 1260. The summed E-state index contributed by atoms with van der Waals surface area (Å²) in [5.41, 5.74) is 1.36. The van der Waals surface area contributed by atoms with Gasteiger partial charge in [-0.3, -0.25) is 9.10 Å². The second-order valence-corrected chi connectivity index (χ2v) is 10.1. The minimum atomic E-state index is -4.02. The number of rotatable bonds is 14. The van der Waals surface area contributed by atoms with Gasteiger partial charge in [0.05, 0.1) is 31.4 Å². The maximum Gasteiger partial charge on any atom is 0.264 e. The lowest BCUT2D eigenvalue weighted by molar-refractivity contribution is -0.119. The fourth-order valence-corrected chi connectivity index (χ4v) is 5.20. The number of carbonyl (C=O) groups is 1. The second-order valence-electron chi connectivity index (χ2n) is 8.27. The van der Waals surface area contributed by atoms with E-state index in [4.69, 9.17) is 14.2 Å². The van der Waals surface area contributed by atoms with E-state index in [2.05, 4.69) is 12.2 Å². The zero-order valence-corrected chi connectivity index (χ0v) is 22.3. The van der Waals surface area contributed by atoms with Gasteiger partial charge in [0.2, 0.25) is 5.91 Å². The predicted octanol–water partition coefficient (Wildman–Crippen LogP) is 4.44. The van der Waals surface area contributed by atoms with Crippen molar-refractivity contribution in [2.75, 3.05) is 38.2 Å². The molecule has 0 atom stereocenters. The molecule has 1 N–H and O–H groups in total. The fourth-order valence-electron chi connectivity index (χ4n) is 3.77. The maximum absolute atomic E-state index is 13.5. The number of hydrogen-bond donors (Lipinski definition) is 1. The van der Waals surface area contributed by atoms with Crippen LogP contribution in [0.1, 0.15) is 25.3 Å². The van der Waals surface area contributed by atoms with Crippen LogP contribution >= 0.6 is 0 Å². The average molecular weight is 527 g/mol. The van der Waals surface area contributed by atoms with Crippen molar-refractivity contribution in [3.8, 4) is 17.2 Å². The van der Waals surface area contributed by atoms with E-state index in [1.165, 1.54) is 26.4 Å². The number of methoxy groups -OCH3 is 2. The summed E-state index contributed by atoms with van der Waals surface area (Å²) in [5, 5.41) is 2.85. The van der Waals surface area contributed by atoms with Gasteiger partial charge in [0, 0.05) is 12.6 Å². The highest BCUT2D eigenvalue weighted by atomic mass is 32.2. The van der Waals surface area contributed by atoms with Crippen molar-refractivity contribution in [3.63, 3.8) is 0 Å². The first-order valence-corrected chi connectivity index (χ1v) is 13.6. The molecule has 8 nitrogen and oxygen atoms in total. The van der Waals surface area contributed by atoms with Crippen LogP contribution in [-0.2, 0) is 21.2 Å². The summed E-state index contributed by atoms with van der Waals surface area (Å²) >= 11 is 0. The summed E-state index contributed by atoms with van der Waals surface area (Å²) in [6.45, 7) is 2.71. The molecule has 0 bridgehead atoms. The van der Waals surface area contributed by atoms with Crippen LogP contribution in [0.25, 0.3) is 0 Å². The summed E-state index contributed by atoms with van der Waals surface area (Å²) in [6.07, 6.45) is 2.33. The minimum Gasteiger partial charge on any atom is -0.493 e. The third-order valence-corrected chi connectivity index (χ3v) is 7.44. The van der Waals surface area contributed by atoms with E-state index in [1.807, 2.05) is 24.3 Å². The Balaban J connectivity index is 1.72. The fraction of sp³-hybridized carbons (Fsp3) is 0.321. The van der Waals surface area contributed by atoms with E-state index < -0.39 is 15.9 Å². The quantitative estimate of drug-likeness (QED) is 0.312. The van der Waals surface area contributed by atoms with E-state index in [-0.39, 0.29) is 11.4 Å². The Morgan fingerprint density at radius 2 is 1.59 bits per heavy atom. The molecular weight excluding hydrogens is 492 g/mol. The van der Waals surface area contributed by atoms with E-state index in [0.717, 1.165) is 28.5 Å². The molecule has 3 rings (SSSR count). The molecule has 3 aromatic carbocycles. The number of ether oxygens (including phenoxy) is 3. The normalized spacial score (nSPS) is 11.0. The number of para-hydroxylation sites is 1. The number of nitrogens with zero attached hydrogens (tertiary/aromatic N) is 1. The second kappa shape index (κ2) is 13.5. The van der Waals surface area contributed by atoms with Gasteiger partial charge in [0.1, 0.15) is 12.3 Å². The van der Waals surface area contributed by atoms with E-state index in [1.54, 1.807) is 36.4 Å². The number of anilines is 1. The first-order chi connectivity index (χ1) is 17.9. The van der Waals surface area contributed by atoms with Gasteiger partial charge in [-0.2, -0.15) is 0 Å². The molecule has 0 aliphatic carbocycles. The van der Waals surface area contributed by atoms with Crippen molar-refractivity contribution in [1.82, 2.24) is 5.32 Å². The molecule has 0 spiro atoms. The highest BCUT2D eigenvalue weighted by Crippen LogP contribution is 2.33. The van der Waals surface area contributed by atoms with Crippen LogP contribution in [0.15, 0.2) is 77.7 Å². The van der Waals surface area contributed by atoms with Gasteiger partial charge in [-0.05, 0) is 55.2 Å². The molecule has 9 heteroatoms. The molecule has 1 amide bonds. The lowest BCUT2D eigenvalue weighted by atomic mass is 10.1. The smallest absolute Gasteiger partial charge is 0.264 e. The molecular formula is C28H34N2O6S. The number of sulfonamides is 1. The zero-order valence-electron chi connectivity index (χ0n) is 21.5. The van der Waals surface area contributed by atoms with Crippen molar-refractivity contribution < 1.29 is 27.4 Å². The molecule has 198 valence electrons. The highest BCUT2D eigenvalue weighted by Gasteiger charge is 2.28. The Morgan fingerprint density at radius 1 is 0.892 bits per heavy atom. The van der Waals surface area contributed by atoms with Crippen molar-refractivity contribution >= 4 is 21.6 Å². The third kappa shape index (κ3) is 7.39. The molecule has 0 aliphatic heterocycles. The molecule has 0 heterocycles. The number of aryl methyl sites for hydroxylation is 1. The van der Waals surface area contributed by atoms with Gasteiger partial charge in [-0.15, -0.1) is 0 Å². The molecule has 0 radical (unpaired) electrons. The summed E-state index contributed by atoms with van der Waals surface area (Å²) in [7, 11) is -1.06. The molecule has 0 saturated heterocycles. The first-order valence-electron chi connectivity index (χ1n) is 12.2. The standard InChI is InChI=1S/C28H34N2O6S/c1-4-19-36-25-15-9-8-11-22(25)12-10-18-29-28(31)21-30(37(32,33)24-13-6-5-7-14-24)23-16-17-26(34-2)27(20-23)35-3/h5-9,11,13-17,20H,4,10,12,18-19,21H2,1-3H3,(H,29,31). The molecule has 0 saturated carbocycles. The number of amides is 1. The van der Waals surface area contributed by atoms with Crippen molar-refractivity contribution in [2.24, 2.45) is 0 Å². The van der Waals surface area contributed by atoms with Crippen LogP contribution < -0.4 is 23.8 Å². The third-order valence-electron chi connectivity index (χ3n) is 5.65. The maximum atomic E-state index is 13.5. The molecule has 3 aromatic rings. The van der Waals surface area contributed by atoms with E-state index >= 15 is 0 Å². The van der Waals surface area contributed by atoms with Gasteiger partial charge < -0.3 is 19.5 Å². The van der Waals surface area contributed by atoms with Gasteiger partial charge in [-0.1, -0.05) is 43.3 Å². The lowest BCUT2D eigenvalue weighted by Gasteiger charge is -2.25. The largest absolute Gasteiger partial charge is 0.493 e. The summed E-state index contributed by atoms with van der Waals surface area (Å²) in [4.78, 5) is 13.0. The molecule has 0 unspecified atom stereocenters. The molecule has 0 aliphatic rings. The van der Waals surface area contributed by atoms with Crippen molar-refractivity contribution in [2.45, 2.75) is 31.1 Å². The Hall–Kier alpha value is -3.72.